The number of carbonyl (C=O) groups excluding carboxylic acids is 1. The highest BCUT2D eigenvalue weighted by molar-refractivity contribution is 8.00. The van der Waals surface area contributed by atoms with E-state index in [1.165, 1.54) is 0 Å². The molecule has 15 heteroatoms. The average Bonchev–Trinajstić information content (AvgIpc) is 3.78. The van der Waals surface area contributed by atoms with Gasteiger partial charge in [-0.15, -0.1) is 11.6 Å². The van der Waals surface area contributed by atoms with Crippen molar-refractivity contribution < 1.29 is 26.7 Å². The minimum Gasteiger partial charge on any atom is -0.376 e. The molecule has 4 aliphatic carbocycles. The summed E-state index contributed by atoms with van der Waals surface area (Å²) in [5.41, 5.74) is 1.63. The first-order valence-corrected chi connectivity index (χ1v) is 21.9. The Labute approximate surface area is 303 Å². The van der Waals surface area contributed by atoms with Crippen molar-refractivity contribution >= 4 is 39.3 Å². The molecule has 3 heterocycles. The predicted molar refractivity (Wildman–Crippen MR) is 190 cm³/mol. The molecule has 6 aliphatic rings. The maximum absolute atomic E-state index is 14.0. The van der Waals surface area contributed by atoms with Crippen LogP contribution in [0, 0.1) is 30.6 Å². The maximum atomic E-state index is 14.0. The largest absolute Gasteiger partial charge is 0.376 e. The number of ether oxygens (including phenoxy) is 1. The van der Waals surface area contributed by atoms with Crippen LogP contribution in [-0.4, -0.2) is 101 Å². The molecule has 1 aromatic heterocycles. The van der Waals surface area contributed by atoms with E-state index in [-0.39, 0.29) is 71.0 Å². The summed E-state index contributed by atoms with van der Waals surface area (Å²) < 4.78 is 61.5. The lowest BCUT2D eigenvalue weighted by atomic mass is 9.70. The van der Waals surface area contributed by atoms with E-state index >= 15 is 0 Å². The van der Waals surface area contributed by atoms with Gasteiger partial charge in [-0.1, -0.05) is 0 Å². The Kier molecular flexibility index (Phi) is 10.7. The zero-order valence-corrected chi connectivity index (χ0v) is 31.7. The quantitative estimate of drug-likeness (QED) is 0.324. The van der Waals surface area contributed by atoms with Crippen LogP contribution in [0.15, 0.2) is 4.79 Å². The number of sulfonamides is 1. The number of carbonyl (C=O) groups is 1. The number of hydrogen-bond acceptors (Lipinski definition) is 9. The van der Waals surface area contributed by atoms with E-state index in [4.69, 9.17) is 21.3 Å². The number of hydrogen-bond donors (Lipinski definition) is 2. The first-order chi connectivity index (χ1) is 23.7. The number of piperidine rings is 1. The van der Waals surface area contributed by atoms with Gasteiger partial charge in [0.15, 0.2) is 0 Å². The van der Waals surface area contributed by atoms with Crippen LogP contribution in [-0.2, 0) is 38.9 Å². The van der Waals surface area contributed by atoms with Crippen LogP contribution in [0.5, 0.6) is 0 Å². The third kappa shape index (κ3) is 8.10. The molecule has 0 spiro atoms. The van der Waals surface area contributed by atoms with Crippen molar-refractivity contribution in [1.82, 2.24) is 24.5 Å². The van der Waals surface area contributed by atoms with Gasteiger partial charge >= 0.3 is 0 Å². The third-order valence-corrected chi connectivity index (χ3v) is 14.7. The highest BCUT2D eigenvalue weighted by Crippen LogP contribution is 2.49. The number of alkyl halides is 3. The number of thioether (sulfide) groups is 1. The molecule has 7 rings (SSSR count). The van der Waals surface area contributed by atoms with Gasteiger partial charge in [0, 0.05) is 65.5 Å². The number of nitrogens with one attached hydrogen (secondary N) is 2. The Morgan fingerprint density at radius 1 is 1.16 bits per heavy atom. The van der Waals surface area contributed by atoms with Gasteiger partial charge < -0.3 is 10.1 Å². The Balaban J connectivity index is 1.01. The van der Waals surface area contributed by atoms with Crippen LogP contribution in [0.3, 0.4) is 0 Å². The van der Waals surface area contributed by atoms with E-state index in [1.54, 1.807) is 16.3 Å². The van der Waals surface area contributed by atoms with E-state index in [0.717, 1.165) is 68.9 Å². The van der Waals surface area contributed by atoms with Crippen LogP contribution >= 0.6 is 23.4 Å². The van der Waals surface area contributed by atoms with E-state index in [9.17, 15) is 26.8 Å². The van der Waals surface area contributed by atoms with Crippen molar-refractivity contribution in [2.75, 3.05) is 25.2 Å². The Bertz CT molecular complexity index is 1600. The van der Waals surface area contributed by atoms with E-state index in [1.807, 2.05) is 6.92 Å². The van der Waals surface area contributed by atoms with Crippen LogP contribution < -0.4 is 15.6 Å². The van der Waals surface area contributed by atoms with Gasteiger partial charge in [0.25, 0.3) is 5.56 Å². The lowest BCUT2D eigenvalue weighted by Crippen LogP contribution is -2.58. The second kappa shape index (κ2) is 14.5. The number of amides is 1. The average molecular weight is 760 g/mol. The Morgan fingerprint density at radius 3 is 2.62 bits per heavy atom. The van der Waals surface area contributed by atoms with Gasteiger partial charge in [0.2, 0.25) is 21.9 Å². The SMILES string of the molecule is Cc1nc2c(c(=O)n1CCOC1CCC(Cl)CC1C1CC(C)NC3C(C(=O)NS(C)(=O)=O)CSC13)C[C@H](N(CC1CC(F)(F)C1)C1CC1)CC2. The second-order valence-electron chi connectivity index (χ2n) is 16.1. The van der Waals surface area contributed by atoms with Crippen LogP contribution in [0.25, 0.3) is 0 Å². The molecule has 3 saturated carbocycles. The molecule has 5 fully saturated rings. The molecule has 2 N–H and O–H groups in total. The molecule has 10 nitrogen and oxygen atoms in total. The molecule has 0 bridgehead atoms. The molecule has 0 radical (unpaired) electrons. The third-order valence-electron chi connectivity index (χ3n) is 12.2. The molecule has 1 aromatic rings. The molecule has 50 heavy (non-hydrogen) atoms. The molecule has 1 amide bonds. The summed E-state index contributed by atoms with van der Waals surface area (Å²) in [6.07, 6.45) is 8.74. The molecule has 0 aromatic carbocycles. The van der Waals surface area contributed by atoms with Crippen molar-refractivity contribution in [3.05, 3.63) is 27.4 Å². The predicted octanol–water partition coefficient (Wildman–Crippen LogP) is 3.89. The van der Waals surface area contributed by atoms with Crippen molar-refractivity contribution in [2.24, 2.45) is 23.7 Å². The molecule has 280 valence electrons. The number of nitrogens with zero attached hydrogens (tertiary/aromatic N) is 3. The monoisotopic (exact) mass is 759 g/mol. The highest BCUT2D eigenvalue weighted by atomic mass is 35.5. The number of fused-ring (bicyclic) bond motifs is 2. The van der Waals surface area contributed by atoms with E-state index < -0.39 is 27.8 Å². The van der Waals surface area contributed by atoms with Gasteiger partial charge in [-0.2, -0.15) is 11.8 Å². The fourth-order valence-corrected chi connectivity index (χ4v) is 12.4. The van der Waals surface area contributed by atoms with Gasteiger partial charge in [-0.05, 0) is 89.4 Å². The van der Waals surface area contributed by atoms with Crippen LogP contribution in [0.4, 0.5) is 8.78 Å². The van der Waals surface area contributed by atoms with Crippen molar-refractivity contribution in [3.8, 4) is 0 Å². The number of halogens is 3. The Hall–Kier alpha value is -1.32. The van der Waals surface area contributed by atoms with E-state index in [0.29, 0.717) is 43.7 Å². The minimum atomic E-state index is -3.65. The van der Waals surface area contributed by atoms with E-state index in [2.05, 4.69) is 21.9 Å². The summed E-state index contributed by atoms with van der Waals surface area (Å²) in [5.74, 6) is -1.72. The highest BCUT2D eigenvalue weighted by Gasteiger charge is 2.52. The minimum absolute atomic E-state index is 0.0106. The zero-order chi connectivity index (χ0) is 35.5. The standard InChI is InChI=1S/C35H52ClF2N5O5S2/c1-19-12-26(32-31(39-19)28(18-49-32)33(44)41-50(3,46)47)25-13-22(36)4-9-30(25)48-11-10-42-20(2)40-29-8-7-24(14-27(29)34(42)45)43(23-5-6-23)17-21-15-35(37,38)16-21/h19,21-26,28,30-32,39H,4-18H2,1-3H3,(H,41,44)/t19?,22?,24-,25?,26?,28?,30?,31?,32?/m1/s1. The first-order valence-electron chi connectivity index (χ1n) is 18.5. The fraction of sp³-hybridized carbons (Fsp3) is 0.857. The Morgan fingerprint density at radius 2 is 1.92 bits per heavy atom. The van der Waals surface area contributed by atoms with Crippen LogP contribution in [0.1, 0.15) is 81.8 Å². The molecule has 2 aliphatic heterocycles. The summed E-state index contributed by atoms with van der Waals surface area (Å²) in [5, 5.41) is 3.78. The van der Waals surface area contributed by atoms with Crippen molar-refractivity contribution in [2.45, 2.75) is 138 Å². The van der Waals surface area contributed by atoms with Gasteiger partial charge in [-0.25, -0.2) is 22.2 Å². The topological polar surface area (TPSA) is 123 Å². The summed E-state index contributed by atoms with van der Waals surface area (Å²) in [6, 6.07) is 0.641. The summed E-state index contributed by atoms with van der Waals surface area (Å²) in [7, 11) is -3.65. The fourth-order valence-electron chi connectivity index (χ4n) is 9.75. The number of rotatable bonds is 11. The lowest BCUT2D eigenvalue weighted by Gasteiger charge is -2.47. The first kappa shape index (κ1) is 37.0. The lowest BCUT2D eigenvalue weighted by molar-refractivity contribution is -0.123. The van der Waals surface area contributed by atoms with Gasteiger partial charge in [0.1, 0.15) is 5.82 Å². The van der Waals surface area contributed by atoms with Gasteiger partial charge in [-0.3, -0.25) is 23.8 Å². The zero-order valence-electron chi connectivity index (χ0n) is 29.3. The molecule has 8 unspecified atom stereocenters. The van der Waals surface area contributed by atoms with Gasteiger partial charge in [0.05, 0.1) is 37.1 Å². The smallest absolute Gasteiger partial charge is 0.257 e. The van der Waals surface area contributed by atoms with Crippen LogP contribution in [0.2, 0.25) is 0 Å². The molecule has 2 saturated heterocycles. The molecular formula is C35H52ClF2N5O5S2. The summed E-state index contributed by atoms with van der Waals surface area (Å²) in [4.78, 5) is 34.2. The summed E-state index contributed by atoms with van der Waals surface area (Å²) >= 11 is 8.52. The molecular weight excluding hydrogens is 708 g/mol. The maximum Gasteiger partial charge on any atom is 0.257 e. The second-order valence-corrected chi connectivity index (χ2v) is 19.7. The van der Waals surface area contributed by atoms with Crippen molar-refractivity contribution in [1.29, 1.82) is 0 Å². The normalized spacial score (nSPS) is 35.7. The number of aryl methyl sites for hydroxylation is 2. The molecule has 9 atom stereocenters. The summed E-state index contributed by atoms with van der Waals surface area (Å²) in [6.45, 7) is 5.45. The number of aromatic nitrogens is 2. The van der Waals surface area contributed by atoms with Crippen molar-refractivity contribution in [3.63, 3.8) is 0 Å².